The minimum absolute atomic E-state index is 0.350. The van der Waals surface area contributed by atoms with E-state index in [2.05, 4.69) is 26.2 Å². The van der Waals surface area contributed by atoms with Crippen LogP contribution in [0.15, 0.2) is 46.9 Å². The third-order valence-corrected chi connectivity index (χ3v) is 6.96. The molecule has 5 nitrogen and oxygen atoms in total. The minimum Gasteiger partial charge on any atom is -0.448 e. The number of esters is 1. The molecule has 3 aromatic rings. The second kappa shape index (κ2) is 8.26. The lowest BCUT2D eigenvalue weighted by Gasteiger charge is -2.23. The lowest BCUT2D eigenvalue weighted by molar-refractivity contribution is -0.125. The fraction of sp³-hybridized carbons (Fsp3) is 0.190. The third-order valence-electron chi connectivity index (χ3n) is 4.66. The molecular formula is C21H16BrClN2O3S. The lowest BCUT2D eigenvalue weighted by atomic mass is 9.98. The molecule has 0 bridgehead atoms. The van der Waals surface area contributed by atoms with Crippen LogP contribution in [-0.4, -0.2) is 23.0 Å². The molecule has 1 atom stereocenters. The van der Waals surface area contributed by atoms with E-state index < -0.39 is 12.1 Å². The highest BCUT2D eigenvalue weighted by Crippen LogP contribution is 2.29. The number of nitrogens with one attached hydrogen (secondary N) is 1. The van der Waals surface area contributed by atoms with Crippen molar-refractivity contribution in [1.82, 2.24) is 4.98 Å². The highest BCUT2D eigenvalue weighted by Gasteiger charge is 2.31. The quantitative estimate of drug-likeness (QED) is 0.511. The fourth-order valence-electron chi connectivity index (χ4n) is 3.14. The molecule has 1 aliphatic heterocycles. The van der Waals surface area contributed by atoms with Crippen molar-refractivity contribution in [3.63, 3.8) is 0 Å². The SMILES string of the molecule is Cc1nc(NC(=O)C2Cc3ccccc3C(=O)O2)sc1Cc1ccc(Br)c(Cl)c1. The third kappa shape index (κ3) is 4.37. The molecular weight excluding hydrogens is 476 g/mol. The Morgan fingerprint density at radius 1 is 1.34 bits per heavy atom. The van der Waals surface area contributed by atoms with Crippen molar-refractivity contribution >= 4 is 55.9 Å². The van der Waals surface area contributed by atoms with E-state index in [0.717, 1.165) is 26.2 Å². The zero-order chi connectivity index (χ0) is 20.5. The van der Waals surface area contributed by atoms with Crippen LogP contribution >= 0.6 is 38.9 Å². The molecule has 1 aliphatic rings. The average Bonchev–Trinajstić information content (AvgIpc) is 3.03. The molecule has 0 saturated carbocycles. The Bertz CT molecular complexity index is 1120. The first-order valence-electron chi connectivity index (χ1n) is 8.90. The number of anilines is 1. The number of rotatable bonds is 4. The van der Waals surface area contributed by atoms with Crippen molar-refractivity contribution < 1.29 is 14.3 Å². The molecule has 0 spiro atoms. The number of cyclic esters (lactones) is 1. The molecule has 0 radical (unpaired) electrons. The largest absolute Gasteiger partial charge is 0.448 e. The first-order chi connectivity index (χ1) is 13.9. The molecule has 4 rings (SSSR count). The fourth-order valence-corrected chi connectivity index (χ4v) is 4.59. The summed E-state index contributed by atoms with van der Waals surface area (Å²) in [6.07, 6.45) is 0.149. The van der Waals surface area contributed by atoms with E-state index in [0.29, 0.717) is 28.6 Å². The average molecular weight is 492 g/mol. The number of benzene rings is 2. The van der Waals surface area contributed by atoms with Crippen molar-refractivity contribution in [2.75, 3.05) is 5.32 Å². The Morgan fingerprint density at radius 2 is 2.14 bits per heavy atom. The van der Waals surface area contributed by atoms with Gasteiger partial charge in [-0.2, -0.15) is 0 Å². The highest BCUT2D eigenvalue weighted by molar-refractivity contribution is 9.10. The summed E-state index contributed by atoms with van der Waals surface area (Å²) in [5.41, 5.74) is 3.22. The van der Waals surface area contributed by atoms with Crippen LogP contribution in [0.1, 0.15) is 32.1 Å². The first kappa shape index (κ1) is 20.1. The monoisotopic (exact) mass is 490 g/mol. The molecule has 2 aromatic carbocycles. The van der Waals surface area contributed by atoms with E-state index >= 15 is 0 Å². The summed E-state index contributed by atoms with van der Waals surface area (Å²) in [4.78, 5) is 30.3. The summed E-state index contributed by atoms with van der Waals surface area (Å²) in [5.74, 6) is -0.852. The molecule has 1 unspecified atom stereocenters. The number of ether oxygens (including phenoxy) is 1. The van der Waals surface area contributed by atoms with Crippen LogP contribution in [0.5, 0.6) is 0 Å². The Labute approximate surface area is 185 Å². The second-order valence-electron chi connectivity index (χ2n) is 6.70. The maximum absolute atomic E-state index is 12.6. The maximum Gasteiger partial charge on any atom is 0.339 e. The topological polar surface area (TPSA) is 68.3 Å². The number of hydrogen-bond acceptors (Lipinski definition) is 5. The molecule has 1 N–H and O–H groups in total. The number of aryl methyl sites for hydroxylation is 1. The smallest absolute Gasteiger partial charge is 0.339 e. The molecule has 8 heteroatoms. The molecule has 0 aliphatic carbocycles. The molecule has 0 saturated heterocycles. The van der Waals surface area contributed by atoms with Gasteiger partial charge >= 0.3 is 5.97 Å². The normalized spacial score (nSPS) is 15.6. The number of amides is 1. The van der Waals surface area contributed by atoms with Crippen molar-refractivity contribution in [2.45, 2.75) is 25.9 Å². The van der Waals surface area contributed by atoms with Crippen LogP contribution in [0.25, 0.3) is 0 Å². The van der Waals surface area contributed by atoms with Gasteiger partial charge in [0, 0.05) is 22.2 Å². The summed E-state index contributed by atoms with van der Waals surface area (Å²) in [5, 5.41) is 3.93. The van der Waals surface area contributed by atoms with Crippen LogP contribution in [0.3, 0.4) is 0 Å². The predicted molar refractivity (Wildman–Crippen MR) is 117 cm³/mol. The second-order valence-corrected chi connectivity index (χ2v) is 9.04. The van der Waals surface area contributed by atoms with Crippen molar-refractivity contribution in [3.05, 3.63) is 79.2 Å². The van der Waals surface area contributed by atoms with Gasteiger partial charge in [0.15, 0.2) is 11.2 Å². The molecule has 148 valence electrons. The van der Waals surface area contributed by atoms with E-state index in [4.69, 9.17) is 16.3 Å². The number of thiazole rings is 1. The number of hydrogen-bond donors (Lipinski definition) is 1. The van der Waals surface area contributed by atoms with E-state index in [1.54, 1.807) is 12.1 Å². The molecule has 0 fully saturated rings. The number of carbonyl (C=O) groups is 2. The van der Waals surface area contributed by atoms with E-state index in [1.807, 2.05) is 37.3 Å². The van der Waals surface area contributed by atoms with Gasteiger partial charge in [0.05, 0.1) is 16.3 Å². The summed E-state index contributed by atoms with van der Waals surface area (Å²) >= 11 is 11.0. The van der Waals surface area contributed by atoms with Gasteiger partial charge in [-0.1, -0.05) is 35.9 Å². The summed E-state index contributed by atoms with van der Waals surface area (Å²) < 4.78 is 6.16. The Kier molecular flexibility index (Phi) is 5.72. The van der Waals surface area contributed by atoms with Crippen LogP contribution in [0, 0.1) is 6.92 Å². The van der Waals surface area contributed by atoms with E-state index in [-0.39, 0.29) is 5.91 Å². The molecule has 29 heavy (non-hydrogen) atoms. The van der Waals surface area contributed by atoms with Crippen molar-refractivity contribution in [1.29, 1.82) is 0 Å². The highest BCUT2D eigenvalue weighted by atomic mass is 79.9. The van der Waals surface area contributed by atoms with Gasteiger partial charge in [0.25, 0.3) is 5.91 Å². The van der Waals surface area contributed by atoms with Gasteiger partial charge in [0.1, 0.15) is 0 Å². The number of aromatic nitrogens is 1. The van der Waals surface area contributed by atoms with Gasteiger partial charge in [-0.3, -0.25) is 10.1 Å². The predicted octanol–water partition coefficient (Wildman–Crippen LogP) is 5.18. The summed E-state index contributed by atoms with van der Waals surface area (Å²) in [6, 6.07) is 13.0. The van der Waals surface area contributed by atoms with Gasteiger partial charge in [-0.15, -0.1) is 11.3 Å². The van der Waals surface area contributed by atoms with Gasteiger partial charge < -0.3 is 4.74 Å². The number of carbonyl (C=O) groups excluding carboxylic acids is 2. The molecule has 1 amide bonds. The van der Waals surface area contributed by atoms with Crippen molar-refractivity contribution in [2.24, 2.45) is 0 Å². The Balaban J connectivity index is 1.46. The van der Waals surface area contributed by atoms with Gasteiger partial charge in [0.2, 0.25) is 0 Å². The molecule has 2 heterocycles. The number of fused-ring (bicyclic) bond motifs is 1. The molecule has 1 aromatic heterocycles. The Morgan fingerprint density at radius 3 is 2.93 bits per heavy atom. The van der Waals surface area contributed by atoms with E-state index in [1.165, 1.54) is 11.3 Å². The lowest BCUT2D eigenvalue weighted by Crippen LogP contribution is -2.37. The van der Waals surface area contributed by atoms with E-state index in [9.17, 15) is 9.59 Å². The number of halogens is 2. The minimum atomic E-state index is -0.865. The van der Waals surface area contributed by atoms with Gasteiger partial charge in [-0.05, 0) is 52.2 Å². The summed E-state index contributed by atoms with van der Waals surface area (Å²) in [6.45, 7) is 1.90. The summed E-state index contributed by atoms with van der Waals surface area (Å²) in [7, 11) is 0. The zero-order valence-electron chi connectivity index (χ0n) is 15.4. The standard InChI is InChI=1S/C21H16BrClN2O3S/c1-11-18(9-12-6-7-15(22)16(23)8-12)29-21(24-11)25-19(26)17-10-13-4-2-3-5-14(13)20(27)28-17/h2-8,17H,9-10H2,1H3,(H,24,25,26). The maximum atomic E-state index is 12.6. The first-order valence-corrected chi connectivity index (χ1v) is 10.9. The number of nitrogens with zero attached hydrogens (tertiary/aromatic N) is 1. The van der Waals surface area contributed by atoms with Crippen LogP contribution < -0.4 is 5.32 Å². The van der Waals surface area contributed by atoms with Crippen molar-refractivity contribution in [3.8, 4) is 0 Å². The van der Waals surface area contributed by atoms with Crippen LogP contribution in [-0.2, 0) is 22.4 Å². The zero-order valence-corrected chi connectivity index (χ0v) is 18.5. The Hall–Kier alpha value is -2.22. The van der Waals surface area contributed by atoms with Gasteiger partial charge in [-0.25, -0.2) is 9.78 Å². The van der Waals surface area contributed by atoms with Crippen LogP contribution in [0.4, 0.5) is 5.13 Å². The van der Waals surface area contributed by atoms with Crippen LogP contribution in [0.2, 0.25) is 5.02 Å².